The number of benzene rings is 1. The molecule has 1 rings (SSSR count). The topological polar surface area (TPSA) is 26.3 Å². The Hall–Kier alpha value is -0.730. The van der Waals surface area contributed by atoms with Gasteiger partial charge in [0.15, 0.2) is 5.78 Å². The summed E-state index contributed by atoms with van der Waals surface area (Å²) in [4.78, 5) is 12.2. The van der Waals surface area contributed by atoms with Crippen LogP contribution in [0.2, 0.25) is 10.0 Å². The quantitative estimate of drug-likeness (QED) is 0.733. The van der Waals surface area contributed by atoms with Crippen LogP contribution in [-0.4, -0.2) is 12.9 Å². The van der Waals surface area contributed by atoms with Gasteiger partial charge in [0.25, 0.3) is 0 Å². The Kier molecular flexibility index (Phi) is 5.29. The first-order chi connectivity index (χ1) is 8.04. The highest BCUT2D eigenvalue weighted by atomic mass is 35.5. The number of hydrogen-bond donors (Lipinski definition) is 0. The Morgan fingerprint density at radius 1 is 1.24 bits per heavy atom. The molecule has 1 aromatic carbocycles. The molecule has 0 spiro atoms. The molecule has 1 aromatic rings. The summed E-state index contributed by atoms with van der Waals surface area (Å²) < 4.78 is 5.05. The third-order valence-corrected chi connectivity index (χ3v) is 3.47. The molecule has 0 heterocycles. The molecule has 0 unspecified atom stereocenters. The van der Waals surface area contributed by atoms with E-state index >= 15 is 0 Å². The van der Waals surface area contributed by atoms with Gasteiger partial charge in [-0.05, 0) is 18.9 Å². The Morgan fingerprint density at radius 3 is 2.29 bits per heavy atom. The maximum absolute atomic E-state index is 12.2. The van der Waals surface area contributed by atoms with Gasteiger partial charge in [0.1, 0.15) is 5.75 Å². The van der Waals surface area contributed by atoms with Crippen molar-refractivity contribution < 1.29 is 9.53 Å². The van der Waals surface area contributed by atoms with Crippen LogP contribution in [0.3, 0.4) is 0 Å². The maximum Gasteiger partial charge on any atom is 0.167 e. The Labute approximate surface area is 112 Å². The van der Waals surface area contributed by atoms with E-state index in [0.29, 0.717) is 21.4 Å². The van der Waals surface area contributed by atoms with Crippen LogP contribution >= 0.6 is 23.2 Å². The van der Waals surface area contributed by atoms with Crippen LogP contribution in [-0.2, 0) is 0 Å². The van der Waals surface area contributed by atoms with E-state index in [1.165, 1.54) is 7.11 Å². The molecule has 17 heavy (non-hydrogen) atoms. The van der Waals surface area contributed by atoms with Gasteiger partial charge in [-0.15, -0.1) is 0 Å². The molecule has 0 aliphatic rings. The summed E-state index contributed by atoms with van der Waals surface area (Å²) in [6.07, 6.45) is 1.60. The van der Waals surface area contributed by atoms with Gasteiger partial charge in [0.05, 0.1) is 17.2 Å². The van der Waals surface area contributed by atoms with Crippen molar-refractivity contribution in [2.75, 3.05) is 7.11 Å². The third kappa shape index (κ3) is 3.14. The molecule has 4 heteroatoms. The van der Waals surface area contributed by atoms with Crippen molar-refractivity contribution in [3.63, 3.8) is 0 Å². The van der Waals surface area contributed by atoms with Gasteiger partial charge >= 0.3 is 0 Å². The number of methoxy groups -OCH3 is 1. The highest BCUT2D eigenvalue weighted by Gasteiger charge is 2.20. The van der Waals surface area contributed by atoms with Crippen molar-refractivity contribution in [2.45, 2.75) is 26.7 Å². The van der Waals surface area contributed by atoms with E-state index in [0.717, 1.165) is 12.8 Å². The lowest BCUT2D eigenvalue weighted by atomic mass is 9.93. The molecule has 0 aliphatic heterocycles. The standard InChI is InChI=1S/C13H16Cl2O2/c1-4-8(5-2)13(16)9-6-11(15)12(17-3)7-10(9)14/h6-8H,4-5H2,1-3H3. The van der Waals surface area contributed by atoms with Crippen LogP contribution in [0.5, 0.6) is 5.75 Å². The normalized spacial score (nSPS) is 10.7. The summed E-state index contributed by atoms with van der Waals surface area (Å²) in [7, 11) is 1.51. The zero-order valence-electron chi connectivity index (χ0n) is 10.2. The number of halogens is 2. The SMILES string of the molecule is CCC(CC)C(=O)c1cc(Cl)c(OC)cc1Cl. The van der Waals surface area contributed by atoms with Crippen LogP contribution < -0.4 is 4.74 Å². The average Bonchev–Trinajstić information content (AvgIpc) is 2.32. The molecule has 94 valence electrons. The number of carbonyl (C=O) groups is 1. The van der Waals surface area contributed by atoms with E-state index in [1.807, 2.05) is 13.8 Å². The molecule has 0 saturated heterocycles. The van der Waals surface area contributed by atoms with Gasteiger partial charge in [-0.3, -0.25) is 4.79 Å². The van der Waals surface area contributed by atoms with Gasteiger partial charge in [-0.1, -0.05) is 37.0 Å². The second kappa shape index (κ2) is 6.27. The van der Waals surface area contributed by atoms with Crippen LogP contribution in [0.1, 0.15) is 37.0 Å². The average molecular weight is 275 g/mol. The van der Waals surface area contributed by atoms with Crippen molar-refractivity contribution in [3.8, 4) is 5.75 Å². The zero-order chi connectivity index (χ0) is 13.0. The van der Waals surface area contributed by atoms with E-state index in [-0.39, 0.29) is 11.7 Å². The molecule has 0 N–H and O–H groups in total. The van der Waals surface area contributed by atoms with E-state index in [9.17, 15) is 4.79 Å². The molecular weight excluding hydrogens is 259 g/mol. The number of ether oxygens (including phenoxy) is 1. The molecule has 0 fully saturated rings. The summed E-state index contributed by atoms with van der Waals surface area (Å²) in [6, 6.07) is 3.17. The summed E-state index contributed by atoms with van der Waals surface area (Å²) >= 11 is 12.1. The fraction of sp³-hybridized carbons (Fsp3) is 0.462. The number of hydrogen-bond acceptors (Lipinski definition) is 2. The highest BCUT2D eigenvalue weighted by Crippen LogP contribution is 2.32. The monoisotopic (exact) mass is 274 g/mol. The van der Waals surface area contributed by atoms with Gasteiger partial charge < -0.3 is 4.74 Å². The smallest absolute Gasteiger partial charge is 0.167 e. The van der Waals surface area contributed by atoms with Crippen LogP contribution in [0, 0.1) is 5.92 Å². The van der Waals surface area contributed by atoms with Crippen LogP contribution in [0.25, 0.3) is 0 Å². The number of carbonyl (C=O) groups excluding carboxylic acids is 1. The Bertz CT molecular complexity index is 412. The minimum atomic E-state index is -0.00281. The van der Waals surface area contributed by atoms with Crippen molar-refractivity contribution in [1.82, 2.24) is 0 Å². The largest absolute Gasteiger partial charge is 0.495 e. The van der Waals surface area contributed by atoms with Crippen LogP contribution in [0.15, 0.2) is 12.1 Å². The molecule has 0 saturated carbocycles. The minimum absolute atomic E-state index is 0.00281. The molecule has 0 radical (unpaired) electrons. The predicted octanol–water partition coefficient (Wildman–Crippen LogP) is 4.62. The second-order valence-electron chi connectivity index (χ2n) is 3.84. The van der Waals surface area contributed by atoms with Gasteiger partial charge in [-0.2, -0.15) is 0 Å². The van der Waals surface area contributed by atoms with Crippen LogP contribution in [0.4, 0.5) is 0 Å². The van der Waals surface area contributed by atoms with Gasteiger partial charge in [0.2, 0.25) is 0 Å². The third-order valence-electron chi connectivity index (χ3n) is 2.86. The molecule has 0 amide bonds. The van der Waals surface area contributed by atoms with E-state index in [1.54, 1.807) is 12.1 Å². The predicted molar refractivity (Wildman–Crippen MR) is 71.4 cm³/mol. The maximum atomic E-state index is 12.2. The van der Waals surface area contributed by atoms with E-state index < -0.39 is 0 Å². The fourth-order valence-electron chi connectivity index (χ4n) is 1.75. The Morgan fingerprint density at radius 2 is 1.82 bits per heavy atom. The van der Waals surface area contributed by atoms with Crippen molar-refractivity contribution in [2.24, 2.45) is 5.92 Å². The van der Waals surface area contributed by atoms with Crippen molar-refractivity contribution in [1.29, 1.82) is 0 Å². The molecule has 0 aliphatic carbocycles. The van der Waals surface area contributed by atoms with E-state index in [4.69, 9.17) is 27.9 Å². The van der Waals surface area contributed by atoms with Gasteiger partial charge in [0, 0.05) is 17.5 Å². The summed E-state index contributed by atoms with van der Waals surface area (Å²) in [5.74, 6) is 0.527. The number of Topliss-reactive ketones (excluding diaryl/α,β-unsaturated/α-hetero) is 1. The number of rotatable bonds is 5. The lowest BCUT2D eigenvalue weighted by Crippen LogP contribution is -2.13. The van der Waals surface area contributed by atoms with Gasteiger partial charge in [-0.25, -0.2) is 0 Å². The highest BCUT2D eigenvalue weighted by molar-refractivity contribution is 6.36. The Balaban J connectivity index is 3.14. The molecule has 0 bridgehead atoms. The zero-order valence-corrected chi connectivity index (χ0v) is 11.7. The summed E-state index contributed by atoms with van der Waals surface area (Å²) in [5.41, 5.74) is 0.478. The first-order valence-electron chi connectivity index (χ1n) is 5.62. The lowest BCUT2D eigenvalue weighted by Gasteiger charge is -2.13. The lowest BCUT2D eigenvalue weighted by molar-refractivity contribution is 0.0913. The minimum Gasteiger partial charge on any atom is -0.495 e. The van der Waals surface area contributed by atoms with Crippen molar-refractivity contribution >= 4 is 29.0 Å². The number of ketones is 1. The summed E-state index contributed by atoms with van der Waals surface area (Å²) in [6.45, 7) is 3.98. The van der Waals surface area contributed by atoms with Crippen molar-refractivity contribution in [3.05, 3.63) is 27.7 Å². The first kappa shape index (κ1) is 14.3. The second-order valence-corrected chi connectivity index (χ2v) is 4.66. The molecule has 0 atom stereocenters. The van der Waals surface area contributed by atoms with E-state index in [2.05, 4.69) is 0 Å². The summed E-state index contributed by atoms with van der Waals surface area (Å²) in [5, 5.41) is 0.800. The first-order valence-corrected chi connectivity index (χ1v) is 6.37. The molecular formula is C13H16Cl2O2. The molecule has 0 aromatic heterocycles. The fourth-order valence-corrected chi connectivity index (χ4v) is 2.24. The molecule has 2 nitrogen and oxygen atoms in total.